The molecule has 10 aliphatic carbocycles. The highest BCUT2D eigenvalue weighted by molar-refractivity contribution is 6.31. The van der Waals surface area contributed by atoms with Crippen LogP contribution in [0.15, 0.2) is 42.6 Å². The van der Waals surface area contributed by atoms with E-state index in [0.29, 0.717) is 23.7 Å². The van der Waals surface area contributed by atoms with E-state index in [0.717, 1.165) is 29.2 Å². The van der Waals surface area contributed by atoms with Crippen LogP contribution in [0.5, 0.6) is 0 Å². The molecule has 4 aromatic carbocycles. The Morgan fingerprint density at radius 2 is 0.985 bits per heavy atom. The topological polar surface area (TPSA) is 41.1 Å². The van der Waals surface area contributed by atoms with Crippen molar-refractivity contribution in [2.75, 3.05) is 0 Å². The molecular weight excluding hydrogens is 787 g/mol. The Morgan fingerprint density at radius 3 is 1.46 bits per heavy atom. The van der Waals surface area contributed by atoms with Crippen molar-refractivity contribution in [3.05, 3.63) is 104 Å². The van der Waals surface area contributed by atoms with Crippen LogP contribution in [-0.2, 0) is 21.7 Å². The van der Waals surface area contributed by atoms with E-state index in [-0.39, 0.29) is 21.7 Å². The Bertz CT molecular complexity index is 3390. The first-order valence-electron chi connectivity index (χ1n) is 25.9. The maximum absolute atomic E-state index is 11.4. The van der Waals surface area contributed by atoms with Crippen LogP contribution in [0.3, 0.4) is 0 Å². The van der Waals surface area contributed by atoms with Gasteiger partial charge >= 0.3 is 0 Å². The zero-order valence-corrected chi connectivity index (χ0v) is 40.6. The minimum absolute atomic E-state index is 0.115. The van der Waals surface area contributed by atoms with Crippen molar-refractivity contribution in [3.63, 3.8) is 0 Å². The van der Waals surface area contributed by atoms with Crippen molar-refractivity contribution in [2.24, 2.45) is 23.7 Å². The van der Waals surface area contributed by atoms with Gasteiger partial charge in [-0.05, 0) is 195 Å². The molecule has 328 valence electrons. The van der Waals surface area contributed by atoms with Gasteiger partial charge in [-0.2, -0.15) is 5.26 Å². The molecule has 17 rings (SSSR count). The van der Waals surface area contributed by atoms with Crippen LogP contribution >= 0.6 is 0 Å². The summed E-state index contributed by atoms with van der Waals surface area (Å²) in [6.07, 6.45) is 16.1. The Hall–Kier alpha value is -4.68. The molecule has 4 fully saturated rings. The highest BCUT2D eigenvalue weighted by Gasteiger charge is 2.49. The first-order chi connectivity index (χ1) is 30.9. The Kier molecular flexibility index (Phi) is 6.92. The maximum atomic E-state index is 11.4. The van der Waals surface area contributed by atoms with Gasteiger partial charge in [-0.15, -0.1) is 0 Å². The molecule has 65 heavy (non-hydrogen) atoms. The average Bonchev–Trinajstić information content (AvgIpc) is 3.82. The fourth-order valence-electron chi connectivity index (χ4n) is 17.8. The van der Waals surface area contributed by atoms with Crippen LogP contribution in [0.4, 0.5) is 0 Å². The predicted octanol–water partition coefficient (Wildman–Crippen LogP) is 16.1. The molecule has 0 aliphatic heterocycles. The number of nitrogens with zero attached hydrogens (tertiary/aromatic N) is 3. The summed E-state index contributed by atoms with van der Waals surface area (Å²) in [6, 6.07) is 18.6. The quantitative estimate of drug-likeness (QED) is 0.153. The number of rotatable bonds is 0. The normalized spacial score (nSPS) is 29.3. The van der Waals surface area contributed by atoms with E-state index in [9.17, 15) is 5.26 Å². The lowest BCUT2D eigenvalue weighted by Crippen LogP contribution is -2.25. The first-order valence-corrected chi connectivity index (χ1v) is 25.9. The van der Waals surface area contributed by atoms with E-state index in [2.05, 4.69) is 122 Å². The van der Waals surface area contributed by atoms with Crippen LogP contribution in [0.25, 0.3) is 60.3 Å². The molecule has 0 radical (unpaired) electrons. The molecule has 3 aromatic heterocycles. The van der Waals surface area contributed by atoms with Gasteiger partial charge in [0.2, 0.25) is 0 Å². The van der Waals surface area contributed by atoms with Gasteiger partial charge in [-0.25, -0.2) is 0 Å². The van der Waals surface area contributed by atoms with Gasteiger partial charge in [0.25, 0.3) is 0 Å². The molecule has 3 heterocycles. The number of hydrogen-bond donors (Lipinski definition) is 0. The molecule has 0 N–H and O–H groups in total. The van der Waals surface area contributed by atoms with Gasteiger partial charge in [0.15, 0.2) is 0 Å². The van der Waals surface area contributed by atoms with E-state index in [1.54, 1.807) is 22.3 Å². The molecule has 3 heteroatoms. The van der Waals surface area contributed by atoms with Crippen molar-refractivity contribution >= 4 is 38.1 Å². The van der Waals surface area contributed by atoms with Crippen LogP contribution in [-0.4, -0.2) is 9.38 Å². The molecule has 0 amide bonds. The second-order valence-corrected chi connectivity index (χ2v) is 26.7. The number of fused-ring (bicyclic) bond motifs is 14. The summed E-state index contributed by atoms with van der Waals surface area (Å²) < 4.78 is 2.62. The molecule has 8 bridgehead atoms. The molecule has 4 saturated carbocycles. The van der Waals surface area contributed by atoms with Crippen LogP contribution < -0.4 is 0 Å². The van der Waals surface area contributed by atoms with Gasteiger partial charge in [0.05, 0.1) is 40.1 Å². The summed E-state index contributed by atoms with van der Waals surface area (Å²) in [5, 5.41) is 16.9. The minimum Gasteiger partial charge on any atom is -0.306 e. The number of nitriles is 1. The number of aromatic nitrogens is 2. The maximum Gasteiger partial charge on any atom is 0.0995 e. The molecule has 7 aromatic rings. The summed E-state index contributed by atoms with van der Waals surface area (Å²) in [7, 11) is 0. The molecular formula is C62H65N3. The van der Waals surface area contributed by atoms with Gasteiger partial charge in [-0.1, -0.05) is 99.6 Å². The summed E-state index contributed by atoms with van der Waals surface area (Å²) in [4.78, 5) is 5.64. The molecule has 3 nitrogen and oxygen atoms in total. The highest BCUT2D eigenvalue weighted by atomic mass is 14.9. The summed E-state index contributed by atoms with van der Waals surface area (Å²) in [6.45, 7) is 24.4. The molecule has 4 unspecified atom stereocenters. The number of hydrogen-bond acceptors (Lipinski definition) is 2. The average molecular weight is 852 g/mol. The monoisotopic (exact) mass is 852 g/mol. The van der Waals surface area contributed by atoms with Gasteiger partial charge < -0.3 is 4.40 Å². The standard InChI is InChI=1S/C62H65N3/c1-59(2,3)46-26-47(60(4,5)6)53-55-49(28-64-58-51(55)43-23-39-34-15-31-12-32(16-34)20-36(19-31)41(39)25-45(43)62(58,9)10)65-48-21-37(27-63)56-50(54(48)52(46)57(53)65)42-22-38-33-13-29-11-30(14-33)18-35(17-29)40(38)24-44(42)61(56,7)8/h21-26,28-36H,11-20H2,1-10H3. The van der Waals surface area contributed by atoms with E-state index in [4.69, 9.17) is 4.98 Å². The lowest BCUT2D eigenvalue weighted by Gasteiger charge is -2.38. The third-order valence-corrected chi connectivity index (χ3v) is 20.2. The Labute approximate surface area is 385 Å². The Morgan fingerprint density at radius 1 is 0.538 bits per heavy atom. The zero-order valence-electron chi connectivity index (χ0n) is 40.6. The predicted molar refractivity (Wildman–Crippen MR) is 267 cm³/mol. The van der Waals surface area contributed by atoms with Crippen LogP contribution in [0.2, 0.25) is 0 Å². The van der Waals surface area contributed by atoms with Crippen LogP contribution in [0.1, 0.15) is 218 Å². The molecule has 10 aliphatic rings. The lowest BCUT2D eigenvalue weighted by atomic mass is 9.67. The van der Waals surface area contributed by atoms with E-state index in [1.807, 2.05) is 0 Å². The van der Waals surface area contributed by atoms with E-state index >= 15 is 0 Å². The Balaban J connectivity index is 1.10. The third kappa shape index (κ3) is 4.58. The first kappa shape index (κ1) is 38.4. The molecule has 0 saturated heterocycles. The smallest absolute Gasteiger partial charge is 0.0995 e. The summed E-state index contributed by atoms with van der Waals surface area (Å²) in [5.41, 5.74) is 24.3. The van der Waals surface area contributed by atoms with Crippen molar-refractivity contribution in [1.82, 2.24) is 9.38 Å². The zero-order chi connectivity index (χ0) is 44.3. The molecule has 0 spiro atoms. The SMILES string of the molecule is CC(C)(C)c1cc(C(C)(C)C)c2c3c4c(c(C#N)cc3n3c5cnc6c(c5c1c23)-c1cc2c(cc1C6(C)C)C1CC3CC(CC2C3)C1)C(C)(C)c1cc2c(cc1-4)C1CC3CC(C1)CC2C3. The second kappa shape index (κ2) is 11.7. The number of benzene rings is 4. The number of pyridine rings is 1. The van der Waals surface area contributed by atoms with Crippen molar-refractivity contribution in [2.45, 2.75) is 179 Å². The highest BCUT2D eigenvalue weighted by Crippen LogP contribution is 2.64. The van der Waals surface area contributed by atoms with E-state index in [1.165, 1.54) is 158 Å². The van der Waals surface area contributed by atoms with Gasteiger partial charge in [0.1, 0.15) is 0 Å². The second-order valence-electron chi connectivity index (χ2n) is 26.7. The summed E-state index contributed by atoms with van der Waals surface area (Å²) in [5.74, 6) is 6.28. The van der Waals surface area contributed by atoms with Crippen molar-refractivity contribution < 1.29 is 0 Å². The largest absolute Gasteiger partial charge is 0.306 e. The third-order valence-electron chi connectivity index (χ3n) is 20.2. The minimum atomic E-state index is -0.288. The fourth-order valence-corrected chi connectivity index (χ4v) is 17.8. The lowest BCUT2D eigenvalue weighted by molar-refractivity contribution is 0.165. The summed E-state index contributed by atoms with van der Waals surface area (Å²) >= 11 is 0. The van der Waals surface area contributed by atoms with E-state index < -0.39 is 0 Å². The van der Waals surface area contributed by atoms with Gasteiger partial charge in [0, 0.05) is 37.9 Å². The van der Waals surface area contributed by atoms with Crippen LogP contribution in [0, 0.1) is 35.0 Å². The molecule has 4 atom stereocenters. The van der Waals surface area contributed by atoms with Gasteiger partial charge in [-0.3, -0.25) is 4.98 Å². The fraction of sp³-hybridized carbons (Fsp3) is 0.516. The van der Waals surface area contributed by atoms with Crippen molar-refractivity contribution in [3.8, 4) is 28.3 Å². The van der Waals surface area contributed by atoms with Crippen molar-refractivity contribution in [1.29, 1.82) is 5.26 Å².